The number of benzene rings is 2. The highest BCUT2D eigenvalue weighted by molar-refractivity contribution is 6.08. The number of aromatic nitrogens is 1. The maximum absolute atomic E-state index is 13.8. The van der Waals surface area contributed by atoms with Gasteiger partial charge in [0, 0.05) is 64.9 Å². The fourth-order valence-electron chi connectivity index (χ4n) is 6.84. The fourth-order valence-corrected chi connectivity index (χ4v) is 6.84. The molecular formula is C33H36N2O2. The minimum atomic E-state index is -0.317. The minimum Gasteiger partial charge on any atom is -0.362 e. The van der Waals surface area contributed by atoms with E-state index in [1.54, 1.807) is 0 Å². The molecule has 2 aliphatic carbocycles. The van der Waals surface area contributed by atoms with Gasteiger partial charge in [-0.05, 0) is 47.8 Å². The number of Topliss-reactive ketones (excluding diaryl/α,β-unsaturated/α-hetero) is 2. The fraction of sp³-hybridized carbons (Fsp3) is 0.394. The van der Waals surface area contributed by atoms with Crippen molar-refractivity contribution >= 4 is 22.5 Å². The number of fused-ring (bicyclic) bond motifs is 1. The van der Waals surface area contributed by atoms with Gasteiger partial charge in [0.2, 0.25) is 0 Å². The molecule has 0 spiro atoms. The predicted octanol–water partition coefficient (Wildman–Crippen LogP) is 6.97. The molecule has 0 amide bonds. The molecule has 1 N–H and O–H groups in total. The standard InChI is InChI=1S/C33H36N2O2/c1-20-9-8-10-21(13-20)18-35-19-23(22-11-6-7-12-26(22)35)29-30-24(14-32(2,3)16-27(30)36)34-25-15-33(4,5)17-28(37)31(25)29/h6-13,19,29,34H,14-18H2,1-5H3. The highest BCUT2D eigenvalue weighted by Crippen LogP contribution is 2.52. The molecule has 4 heteroatoms. The second-order valence-corrected chi connectivity index (χ2v) is 12.9. The number of aryl methyl sites for hydroxylation is 1. The Labute approximate surface area is 219 Å². The van der Waals surface area contributed by atoms with Gasteiger partial charge in [-0.2, -0.15) is 0 Å². The molecule has 3 aromatic rings. The summed E-state index contributed by atoms with van der Waals surface area (Å²) in [6.45, 7) is 11.5. The smallest absolute Gasteiger partial charge is 0.162 e. The van der Waals surface area contributed by atoms with E-state index >= 15 is 0 Å². The molecule has 0 bridgehead atoms. The van der Waals surface area contributed by atoms with Crippen molar-refractivity contribution in [2.75, 3.05) is 0 Å². The lowest BCUT2D eigenvalue weighted by Gasteiger charge is -2.43. The van der Waals surface area contributed by atoms with Gasteiger partial charge in [0.05, 0.1) is 0 Å². The third kappa shape index (κ3) is 4.17. The number of nitrogens with zero attached hydrogens (tertiary/aromatic N) is 1. The first-order chi connectivity index (χ1) is 17.5. The Morgan fingerprint density at radius 2 is 1.46 bits per heavy atom. The first-order valence-electron chi connectivity index (χ1n) is 13.4. The van der Waals surface area contributed by atoms with Gasteiger partial charge in [0.15, 0.2) is 11.6 Å². The quantitative estimate of drug-likeness (QED) is 0.429. The topological polar surface area (TPSA) is 51.1 Å². The van der Waals surface area contributed by atoms with Crippen molar-refractivity contribution < 1.29 is 9.59 Å². The summed E-state index contributed by atoms with van der Waals surface area (Å²) in [5.41, 5.74) is 8.15. The van der Waals surface area contributed by atoms with E-state index in [0.717, 1.165) is 58.4 Å². The Balaban J connectivity index is 1.56. The van der Waals surface area contributed by atoms with Crippen LogP contribution in [-0.2, 0) is 16.1 Å². The Bertz CT molecular complexity index is 1480. The zero-order valence-electron chi connectivity index (χ0n) is 22.6. The van der Waals surface area contributed by atoms with Crippen LogP contribution in [-0.4, -0.2) is 16.1 Å². The van der Waals surface area contributed by atoms with Crippen LogP contribution in [0.5, 0.6) is 0 Å². The molecule has 0 unspecified atom stereocenters. The Morgan fingerprint density at radius 3 is 2.08 bits per heavy atom. The summed E-state index contributed by atoms with van der Waals surface area (Å²) in [5, 5.41) is 4.76. The molecule has 4 nitrogen and oxygen atoms in total. The van der Waals surface area contributed by atoms with Crippen LogP contribution in [0.3, 0.4) is 0 Å². The maximum atomic E-state index is 13.8. The molecule has 1 aliphatic heterocycles. The third-order valence-corrected chi connectivity index (χ3v) is 8.28. The molecule has 2 aromatic carbocycles. The van der Waals surface area contributed by atoms with Gasteiger partial charge in [0.1, 0.15) is 0 Å². The summed E-state index contributed by atoms with van der Waals surface area (Å²) in [5.74, 6) is 0.0222. The van der Waals surface area contributed by atoms with E-state index < -0.39 is 0 Å². The normalized spacial score (nSPS) is 21.2. The molecule has 2 heterocycles. The number of dihydropyridines is 1. The number of nitrogens with one attached hydrogen (secondary N) is 1. The van der Waals surface area contributed by atoms with E-state index in [1.807, 2.05) is 0 Å². The molecule has 0 fully saturated rings. The van der Waals surface area contributed by atoms with E-state index in [-0.39, 0.29) is 28.3 Å². The second-order valence-electron chi connectivity index (χ2n) is 12.9. The number of hydrogen-bond donors (Lipinski definition) is 1. The van der Waals surface area contributed by atoms with Gasteiger partial charge in [-0.1, -0.05) is 75.7 Å². The van der Waals surface area contributed by atoms with E-state index in [1.165, 1.54) is 11.1 Å². The van der Waals surface area contributed by atoms with Crippen molar-refractivity contribution in [1.29, 1.82) is 0 Å². The average Bonchev–Trinajstić information content (AvgIpc) is 3.14. The predicted molar refractivity (Wildman–Crippen MR) is 148 cm³/mol. The summed E-state index contributed by atoms with van der Waals surface area (Å²) < 4.78 is 2.29. The van der Waals surface area contributed by atoms with Crippen molar-refractivity contribution in [3.8, 4) is 0 Å². The summed E-state index contributed by atoms with van der Waals surface area (Å²) in [4.78, 5) is 27.5. The van der Waals surface area contributed by atoms with E-state index in [4.69, 9.17) is 0 Å². The first kappa shape index (κ1) is 24.0. The molecule has 6 rings (SSSR count). The van der Waals surface area contributed by atoms with Gasteiger partial charge in [-0.15, -0.1) is 0 Å². The minimum absolute atomic E-state index is 0.0983. The second kappa shape index (κ2) is 8.31. The molecule has 1 aromatic heterocycles. The molecule has 0 radical (unpaired) electrons. The van der Waals surface area contributed by atoms with Gasteiger partial charge in [0.25, 0.3) is 0 Å². The van der Waals surface area contributed by atoms with Crippen molar-refractivity contribution in [1.82, 2.24) is 9.88 Å². The molecule has 0 atom stereocenters. The monoisotopic (exact) mass is 492 g/mol. The van der Waals surface area contributed by atoms with Crippen molar-refractivity contribution in [2.24, 2.45) is 10.8 Å². The van der Waals surface area contributed by atoms with E-state index in [9.17, 15) is 9.59 Å². The van der Waals surface area contributed by atoms with E-state index in [2.05, 4.69) is 99.2 Å². The van der Waals surface area contributed by atoms with Crippen molar-refractivity contribution in [2.45, 2.75) is 72.8 Å². The SMILES string of the molecule is Cc1cccc(Cn2cc(C3C4=C(CC(C)(C)CC4=O)NC4=C3C(=O)CC(C)(C)C4)c3ccccc32)c1. The average molecular weight is 493 g/mol. The molecule has 0 saturated carbocycles. The number of allylic oxidation sites excluding steroid dienone is 4. The number of ketones is 2. The highest BCUT2D eigenvalue weighted by atomic mass is 16.1. The summed E-state index contributed by atoms with van der Waals surface area (Å²) >= 11 is 0. The zero-order valence-corrected chi connectivity index (χ0v) is 22.6. The van der Waals surface area contributed by atoms with Crippen molar-refractivity contribution in [3.63, 3.8) is 0 Å². The Morgan fingerprint density at radius 1 is 0.838 bits per heavy atom. The Hall–Kier alpha value is -3.40. The highest BCUT2D eigenvalue weighted by Gasteiger charge is 2.47. The first-order valence-corrected chi connectivity index (χ1v) is 13.4. The number of para-hydroxylation sites is 1. The molecule has 37 heavy (non-hydrogen) atoms. The van der Waals surface area contributed by atoms with Crippen LogP contribution in [0.1, 0.15) is 76.0 Å². The van der Waals surface area contributed by atoms with Gasteiger partial charge in [-0.3, -0.25) is 9.59 Å². The summed E-state index contributed by atoms with van der Waals surface area (Å²) in [6.07, 6.45) is 4.86. The number of carbonyl (C=O) groups excluding carboxylic acids is 2. The Kier molecular flexibility index (Phi) is 5.38. The number of carbonyl (C=O) groups is 2. The lowest BCUT2D eigenvalue weighted by molar-refractivity contribution is -0.119. The van der Waals surface area contributed by atoms with Crippen LogP contribution < -0.4 is 5.32 Å². The van der Waals surface area contributed by atoms with Gasteiger partial charge < -0.3 is 9.88 Å². The lowest BCUT2D eigenvalue weighted by atomic mass is 9.64. The third-order valence-electron chi connectivity index (χ3n) is 8.28. The van der Waals surface area contributed by atoms with Gasteiger partial charge in [-0.25, -0.2) is 0 Å². The van der Waals surface area contributed by atoms with Crippen LogP contribution >= 0.6 is 0 Å². The van der Waals surface area contributed by atoms with Crippen LogP contribution in [0.15, 0.2) is 77.3 Å². The molecule has 3 aliphatic rings. The largest absolute Gasteiger partial charge is 0.362 e. The van der Waals surface area contributed by atoms with Crippen LogP contribution in [0, 0.1) is 17.8 Å². The number of hydrogen-bond acceptors (Lipinski definition) is 3. The zero-order chi connectivity index (χ0) is 26.1. The van der Waals surface area contributed by atoms with Crippen molar-refractivity contribution in [3.05, 3.63) is 94.0 Å². The van der Waals surface area contributed by atoms with Crippen LogP contribution in [0.4, 0.5) is 0 Å². The van der Waals surface area contributed by atoms with Gasteiger partial charge >= 0.3 is 0 Å². The summed E-state index contributed by atoms with van der Waals surface area (Å²) in [7, 11) is 0. The number of rotatable bonds is 3. The lowest BCUT2D eigenvalue weighted by Crippen LogP contribution is -2.42. The van der Waals surface area contributed by atoms with E-state index in [0.29, 0.717) is 12.8 Å². The molecular weight excluding hydrogens is 456 g/mol. The molecule has 190 valence electrons. The maximum Gasteiger partial charge on any atom is 0.162 e. The molecule has 0 saturated heterocycles. The van der Waals surface area contributed by atoms with Crippen LogP contribution in [0.2, 0.25) is 0 Å². The summed E-state index contributed by atoms with van der Waals surface area (Å²) in [6, 6.07) is 17.0. The van der Waals surface area contributed by atoms with Crippen LogP contribution in [0.25, 0.3) is 10.9 Å².